The number of anilines is 1. The van der Waals surface area contributed by atoms with Gasteiger partial charge in [0.15, 0.2) is 5.54 Å². The van der Waals surface area contributed by atoms with Gasteiger partial charge in [-0.15, -0.1) is 0 Å². The van der Waals surface area contributed by atoms with E-state index < -0.39 is 5.54 Å². The molecule has 2 aliphatic carbocycles. The number of esters is 1. The molecule has 161 valence electrons. The molecule has 1 unspecified atom stereocenters. The molecule has 0 amide bonds. The van der Waals surface area contributed by atoms with Crippen LogP contribution in [0.15, 0.2) is 30.3 Å². The number of nitrogens with zero attached hydrogens (tertiary/aromatic N) is 2. The molecule has 2 aromatic rings. The molecule has 0 bridgehead atoms. The van der Waals surface area contributed by atoms with Gasteiger partial charge in [-0.1, -0.05) is 35.9 Å². The fraction of sp³-hybridized carbons (Fsp3) is 0.458. The van der Waals surface area contributed by atoms with Gasteiger partial charge in [-0.2, -0.15) is 12.1 Å². The van der Waals surface area contributed by atoms with Gasteiger partial charge in [-0.3, -0.25) is 4.72 Å². The Balaban J connectivity index is 0.00000231. The first kappa shape index (κ1) is 23.2. The predicted molar refractivity (Wildman–Crippen MR) is 121 cm³/mol. The van der Waals surface area contributed by atoms with E-state index in [0.29, 0.717) is 13.2 Å². The summed E-state index contributed by atoms with van der Waals surface area (Å²) in [4.78, 5) is 18.1. The first-order chi connectivity index (χ1) is 14.6. The van der Waals surface area contributed by atoms with Gasteiger partial charge in [0, 0.05) is 44.9 Å². The quantitative estimate of drug-likeness (QED) is 0.477. The average molecular weight is 511 g/mol. The molecule has 31 heavy (non-hydrogen) atoms. The Morgan fingerprint density at radius 1 is 1.16 bits per heavy atom. The molecule has 2 aromatic carbocycles. The van der Waals surface area contributed by atoms with E-state index in [4.69, 9.17) is 9.57 Å². The maximum absolute atomic E-state index is 13.3. The normalized spacial score (nSPS) is 21.9. The first-order valence-electron chi connectivity index (χ1n) is 10.9. The van der Waals surface area contributed by atoms with Crippen molar-refractivity contribution >= 4 is 23.8 Å². The Kier molecular flexibility index (Phi) is 7.14. The first-order valence-corrected chi connectivity index (χ1v) is 11.7. The second-order valence-electron chi connectivity index (χ2n) is 8.54. The summed E-state index contributed by atoms with van der Waals surface area (Å²) in [5.74, 6) is -0.243. The van der Waals surface area contributed by atoms with Crippen molar-refractivity contribution in [1.29, 1.82) is 0 Å². The third-order valence-electron chi connectivity index (χ3n) is 6.58. The van der Waals surface area contributed by atoms with Crippen molar-refractivity contribution in [1.82, 2.24) is 4.72 Å². The van der Waals surface area contributed by atoms with Gasteiger partial charge < -0.3 is 14.6 Å². The van der Waals surface area contributed by atoms with Gasteiger partial charge in [-0.25, -0.2) is 4.79 Å². The zero-order chi connectivity index (χ0) is 20.7. The number of benzene rings is 2. The van der Waals surface area contributed by atoms with Crippen LogP contribution in [0.4, 0.5) is 5.69 Å². The fourth-order valence-electron chi connectivity index (χ4n) is 5.19. The second kappa shape index (κ2) is 9.52. The summed E-state index contributed by atoms with van der Waals surface area (Å²) in [6.07, 6.45) is 6.89. The van der Waals surface area contributed by atoms with Crippen LogP contribution in [0, 0.1) is 6.92 Å². The van der Waals surface area contributed by atoms with Crippen LogP contribution in [0.5, 0.6) is 0 Å². The number of fused-ring (bicyclic) bond motifs is 2. The summed E-state index contributed by atoms with van der Waals surface area (Å²) in [6, 6.07) is 10.6. The summed E-state index contributed by atoms with van der Waals surface area (Å²) < 4.78 is 8.90. The molecule has 5 rings (SSSR count). The van der Waals surface area contributed by atoms with Crippen molar-refractivity contribution in [3.63, 3.8) is 0 Å². The Morgan fingerprint density at radius 2 is 1.87 bits per heavy atom. The molecule has 1 radical (unpaired) electrons. The zero-order valence-corrected chi connectivity index (χ0v) is 21.9. The van der Waals surface area contributed by atoms with Crippen LogP contribution in [0.25, 0.3) is 4.83 Å². The predicted octanol–water partition coefficient (Wildman–Crippen LogP) is 4.69. The summed E-state index contributed by atoms with van der Waals surface area (Å²) in [7, 11) is 0. The number of hydrogen-bond donors (Lipinski definition) is 1. The molecule has 1 N–H and O–H groups in total. The van der Waals surface area contributed by atoms with Crippen LogP contribution in [-0.2, 0) is 73.5 Å². The van der Waals surface area contributed by atoms with E-state index in [-0.39, 0.29) is 38.7 Å². The smallest absolute Gasteiger partial charge is 0.333 e. The molecule has 7 heteroatoms. The van der Waals surface area contributed by atoms with E-state index in [1.165, 1.54) is 52.9 Å². The van der Waals surface area contributed by atoms with Crippen molar-refractivity contribution in [2.45, 2.75) is 57.9 Å². The average Bonchev–Trinajstić information content (AvgIpc) is 3.41. The molecule has 1 fully saturated rings. The molecule has 1 atom stereocenters. The van der Waals surface area contributed by atoms with Gasteiger partial charge in [0.1, 0.15) is 0 Å². The number of hydrogen-bond acceptors (Lipinski definition) is 5. The molecule has 1 heterocycles. The van der Waals surface area contributed by atoms with Crippen LogP contribution in [-0.4, -0.2) is 19.1 Å². The molecule has 1 aliphatic heterocycles. The molecular formula is C24H28N3O2SY-. The van der Waals surface area contributed by atoms with Crippen LogP contribution >= 0.6 is 12.1 Å². The van der Waals surface area contributed by atoms with Crippen molar-refractivity contribution in [2.75, 3.05) is 18.2 Å². The third kappa shape index (κ3) is 4.11. The Hall–Kier alpha value is -0.916. The van der Waals surface area contributed by atoms with Crippen LogP contribution < -0.4 is 9.73 Å². The summed E-state index contributed by atoms with van der Waals surface area (Å²) in [5.41, 5.74) is 8.17. The fourth-order valence-corrected chi connectivity index (χ4v) is 5.89. The maximum Gasteiger partial charge on any atom is 0.333 e. The van der Waals surface area contributed by atoms with Crippen molar-refractivity contribution < 1.29 is 42.2 Å². The van der Waals surface area contributed by atoms with E-state index in [0.717, 1.165) is 36.8 Å². The number of carbonyl (C=O) groups is 1. The van der Waals surface area contributed by atoms with E-state index >= 15 is 0 Å². The summed E-state index contributed by atoms with van der Waals surface area (Å²) in [6.45, 7) is 4.70. The third-order valence-corrected chi connectivity index (χ3v) is 7.30. The summed E-state index contributed by atoms with van der Waals surface area (Å²) >= 11 is 1.25. The van der Waals surface area contributed by atoms with Gasteiger partial charge >= 0.3 is 5.97 Å². The number of carbonyl (C=O) groups excluding carboxylic acids is 1. The molecule has 0 saturated carbocycles. The van der Waals surface area contributed by atoms with Crippen molar-refractivity contribution in [3.05, 3.63) is 68.5 Å². The van der Waals surface area contributed by atoms with Crippen molar-refractivity contribution in [3.8, 4) is 0 Å². The van der Waals surface area contributed by atoms with Gasteiger partial charge in [0.2, 0.25) is 0 Å². The minimum Gasteiger partial charge on any atom is -0.499 e. The molecule has 1 saturated heterocycles. The summed E-state index contributed by atoms with van der Waals surface area (Å²) in [5, 5.41) is 2.09. The topological polar surface area (TPSA) is 55.7 Å². The Labute approximate surface area is 214 Å². The number of ether oxygens (including phenoxy) is 1. The second-order valence-corrected chi connectivity index (χ2v) is 9.09. The molecule has 0 spiro atoms. The van der Waals surface area contributed by atoms with Gasteiger partial charge in [-0.05, 0) is 80.2 Å². The van der Waals surface area contributed by atoms with E-state index in [1.54, 1.807) is 0 Å². The van der Waals surface area contributed by atoms with Crippen LogP contribution in [0.2, 0.25) is 0 Å². The zero-order valence-electron chi connectivity index (χ0n) is 18.2. The number of rotatable bonds is 4. The Bertz CT molecular complexity index is 967. The van der Waals surface area contributed by atoms with E-state index in [1.807, 2.05) is 19.1 Å². The van der Waals surface area contributed by atoms with E-state index in [9.17, 15) is 4.79 Å². The van der Waals surface area contributed by atoms with Crippen LogP contribution in [0.3, 0.4) is 0 Å². The largest absolute Gasteiger partial charge is 0.499 e. The number of aryl methyl sites for hydroxylation is 3. The maximum atomic E-state index is 13.3. The monoisotopic (exact) mass is 511 g/mol. The molecule has 3 aliphatic rings. The van der Waals surface area contributed by atoms with Gasteiger partial charge in [0.05, 0.1) is 6.61 Å². The van der Waals surface area contributed by atoms with E-state index in [2.05, 4.69) is 34.9 Å². The minimum atomic E-state index is -0.957. The standard InChI is InChI=1S/C24H28N3O2S.Y/c1-3-29-23(28)24(19-10-4-7-16(2)13-19)15-27(26-30-25-24)22-20-11-5-8-17(20)14-18-9-6-12-21(18)22;/h4,7,10,13-14,25H,3,5-6,8-9,11-12,15H2,1-2H3;/q-1;. The number of nitrogens with one attached hydrogen (secondary N) is 1. The Morgan fingerprint density at radius 3 is 2.52 bits per heavy atom. The molecule has 5 nitrogen and oxygen atoms in total. The SMILES string of the molecule is CCOC(=O)C1(c2cccc(C)c2)CN(c2c3c(cc4c2CCC4)CCC3)[N-]SN1.[Y]. The minimum absolute atomic E-state index is 0. The molecule has 0 aromatic heterocycles. The van der Waals surface area contributed by atoms with Gasteiger partial charge in [0.25, 0.3) is 0 Å². The molecular weight excluding hydrogens is 483 g/mol. The van der Waals surface area contributed by atoms with Crippen molar-refractivity contribution in [2.24, 2.45) is 0 Å². The van der Waals surface area contributed by atoms with Crippen LogP contribution in [0.1, 0.15) is 53.1 Å².